The minimum absolute atomic E-state index is 0.187. The molecule has 0 aliphatic carbocycles. The minimum Gasteiger partial charge on any atom is -0.486 e. The zero-order chi connectivity index (χ0) is 21.9. The predicted octanol–water partition coefficient (Wildman–Crippen LogP) is 1.77. The van der Waals surface area contributed by atoms with Crippen molar-refractivity contribution < 1.29 is 18.8 Å². The Morgan fingerprint density at radius 2 is 1.97 bits per heavy atom. The Balaban J connectivity index is 1.33. The third-order valence-corrected chi connectivity index (χ3v) is 4.59. The van der Waals surface area contributed by atoms with Crippen LogP contribution in [0.4, 0.5) is 5.69 Å². The van der Waals surface area contributed by atoms with E-state index in [2.05, 4.69) is 25.4 Å². The van der Waals surface area contributed by atoms with Crippen LogP contribution in [0.1, 0.15) is 0 Å². The summed E-state index contributed by atoms with van der Waals surface area (Å²) in [7, 11) is 0. The molecular formula is C21H16N6O5. The highest BCUT2D eigenvalue weighted by atomic mass is 16.6. The number of anilines is 1. The molecule has 0 unspecified atom stereocenters. The number of ether oxygens (including phenoxy) is 2. The van der Waals surface area contributed by atoms with E-state index in [1.54, 1.807) is 24.3 Å². The van der Waals surface area contributed by atoms with Gasteiger partial charge in [0.2, 0.25) is 11.7 Å². The number of nitrogens with zero attached hydrogens (tertiary/aromatic N) is 5. The first-order valence-corrected chi connectivity index (χ1v) is 9.66. The fourth-order valence-corrected chi connectivity index (χ4v) is 3.12. The first-order chi connectivity index (χ1) is 15.7. The Kier molecular flexibility index (Phi) is 5.04. The summed E-state index contributed by atoms with van der Waals surface area (Å²) in [6, 6.07) is 7.99. The summed E-state index contributed by atoms with van der Waals surface area (Å²) in [5.41, 5.74) is 1.13. The summed E-state index contributed by atoms with van der Waals surface area (Å²) < 4.78 is 17.5. The summed E-state index contributed by atoms with van der Waals surface area (Å²) in [6.07, 6.45) is 6.06. The Morgan fingerprint density at radius 1 is 1.09 bits per heavy atom. The first-order valence-electron chi connectivity index (χ1n) is 9.66. The van der Waals surface area contributed by atoms with Crippen molar-refractivity contribution in [1.29, 1.82) is 0 Å². The maximum Gasteiger partial charge on any atom is 0.259 e. The highest BCUT2D eigenvalue weighted by Crippen LogP contribution is 2.32. The molecule has 1 amide bonds. The number of carbonyl (C=O) groups is 1. The molecule has 0 fully saturated rings. The zero-order valence-corrected chi connectivity index (χ0v) is 16.6. The fraction of sp³-hybridized carbons (Fsp3) is 0.143. The number of benzene rings is 1. The molecule has 1 N–H and O–H groups in total. The lowest BCUT2D eigenvalue weighted by atomic mass is 10.2. The summed E-state index contributed by atoms with van der Waals surface area (Å²) in [4.78, 5) is 37.2. The monoisotopic (exact) mass is 432 g/mol. The van der Waals surface area contributed by atoms with Gasteiger partial charge in [-0.25, -0.2) is 4.98 Å². The van der Waals surface area contributed by atoms with Crippen molar-refractivity contribution in [2.75, 3.05) is 18.5 Å². The molecule has 5 rings (SSSR count). The van der Waals surface area contributed by atoms with E-state index in [1.165, 1.54) is 35.4 Å². The van der Waals surface area contributed by atoms with Crippen LogP contribution in [0.5, 0.6) is 11.5 Å². The zero-order valence-electron chi connectivity index (χ0n) is 16.6. The molecule has 4 heterocycles. The lowest BCUT2D eigenvalue weighted by Crippen LogP contribution is -2.27. The highest BCUT2D eigenvalue weighted by Gasteiger charge is 2.15. The molecule has 0 saturated heterocycles. The van der Waals surface area contributed by atoms with Crippen molar-refractivity contribution in [3.63, 3.8) is 0 Å². The van der Waals surface area contributed by atoms with Crippen molar-refractivity contribution in [2.45, 2.75) is 6.54 Å². The van der Waals surface area contributed by atoms with Gasteiger partial charge in [0.15, 0.2) is 11.5 Å². The molecule has 0 saturated carbocycles. The number of rotatable bonds is 5. The average Bonchev–Trinajstić information content (AvgIpc) is 3.31. The Bertz CT molecular complexity index is 1330. The summed E-state index contributed by atoms with van der Waals surface area (Å²) in [5, 5.41) is 6.64. The van der Waals surface area contributed by atoms with Crippen LogP contribution in [0.15, 0.2) is 64.4 Å². The summed E-state index contributed by atoms with van der Waals surface area (Å²) in [6.45, 7) is 0.728. The summed E-state index contributed by atoms with van der Waals surface area (Å²) in [5.74, 6) is 1.25. The third-order valence-electron chi connectivity index (χ3n) is 4.59. The van der Waals surface area contributed by atoms with Crippen LogP contribution < -0.4 is 20.3 Å². The van der Waals surface area contributed by atoms with Gasteiger partial charge in [0.1, 0.15) is 25.5 Å². The van der Waals surface area contributed by atoms with Crippen molar-refractivity contribution in [1.82, 2.24) is 24.7 Å². The standard InChI is InChI=1S/C21H16N6O5/c28-18(24-14-2-3-16-17(9-14)31-8-7-30-16)12-27-11-13(1-4-19(27)29)21-25-20(26-32-21)15-10-22-5-6-23-15/h1-6,9-11H,7-8,12H2,(H,24,28). The van der Waals surface area contributed by atoms with E-state index < -0.39 is 0 Å². The molecule has 1 aromatic carbocycles. The molecule has 0 radical (unpaired) electrons. The Hall–Kier alpha value is -4.54. The molecule has 1 aliphatic rings. The van der Waals surface area contributed by atoms with E-state index in [0.717, 1.165) is 0 Å². The predicted molar refractivity (Wildman–Crippen MR) is 111 cm³/mol. The van der Waals surface area contributed by atoms with E-state index >= 15 is 0 Å². The molecule has 160 valence electrons. The van der Waals surface area contributed by atoms with Crippen LogP contribution in [0.2, 0.25) is 0 Å². The topological polar surface area (TPSA) is 134 Å². The molecule has 3 aromatic heterocycles. The highest BCUT2D eigenvalue weighted by molar-refractivity contribution is 5.91. The summed E-state index contributed by atoms with van der Waals surface area (Å²) >= 11 is 0. The molecule has 11 heteroatoms. The molecule has 0 bridgehead atoms. The van der Waals surface area contributed by atoms with Crippen LogP contribution in [0.3, 0.4) is 0 Å². The van der Waals surface area contributed by atoms with Gasteiger partial charge in [0.05, 0.1) is 11.8 Å². The van der Waals surface area contributed by atoms with Crippen molar-refractivity contribution in [2.24, 2.45) is 0 Å². The van der Waals surface area contributed by atoms with Crippen LogP contribution >= 0.6 is 0 Å². The van der Waals surface area contributed by atoms with Gasteiger partial charge in [-0.1, -0.05) is 5.16 Å². The Labute approximate surface area is 180 Å². The van der Waals surface area contributed by atoms with Crippen molar-refractivity contribution in [3.8, 4) is 34.5 Å². The van der Waals surface area contributed by atoms with Crippen LogP contribution in [0, 0.1) is 0 Å². The number of nitrogens with one attached hydrogen (secondary N) is 1. The number of fused-ring (bicyclic) bond motifs is 1. The smallest absolute Gasteiger partial charge is 0.259 e. The van der Waals surface area contributed by atoms with E-state index in [9.17, 15) is 9.59 Å². The molecule has 0 spiro atoms. The van der Waals surface area contributed by atoms with Gasteiger partial charge < -0.3 is 23.9 Å². The largest absolute Gasteiger partial charge is 0.486 e. The number of aromatic nitrogens is 5. The van der Waals surface area contributed by atoms with Gasteiger partial charge in [-0.05, 0) is 18.2 Å². The van der Waals surface area contributed by atoms with Gasteiger partial charge in [0, 0.05) is 36.4 Å². The van der Waals surface area contributed by atoms with E-state index in [0.29, 0.717) is 41.7 Å². The second-order valence-electron chi connectivity index (χ2n) is 6.80. The lowest BCUT2D eigenvalue weighted by Gasteiger charge is -2.19. The maximum absolute atomic E-state index is 12.5. The SMILES string of the molecule is O=C(Cn1cc(-c2nc(-c3cnccn3)no2)ccc1=O)Nc1ccc2c(c1)OCCO2. The molecule has 4 aromatic rings. The molecule has 11 nitrogen and oxygen atoms in total. The molecule has 1 aliphatic heterocycles. The second-order valence-corrected chi connectivity index (χ2v) is 6.80. The maximum atomic E-state index is 12.5. The van der Waals surface area contributed by atoms with Crippen molar-refractivity contribution in [3.05, 3.63) is 65.5 Å². The van der Waals surface area contributed by atoms with Gasteiger partial charge in [-0.15, -0.1) is 0 Å². The van der Waals surface area contributed by atoms with E-state index in [4.69, 9.17) is 14.0 Å². The van der Waals surface area contributed by atoms with Gasteiger partial charge in [-0.2, -0.15) is 4.98 Å². The number of carbonyl (C=O) groups excluding carboxylic acids is 1. The van der Waals surface area contributed by atoms with Crippen LogP contribution in [-0.2, 0) is 11.3 Å². The Morgan fingerprint density at radius 3 is 2.81 bits per heavy atom. The van der Waals surface area contributed by atoms with E-state index in [-0.39, 0.29) is 29.7 Å². The third kappa shape index (κ3) is 4.03. The first kappa shape index (κ1) is 19.4. The quantitative estimate of drug-likeness (QED) is 0.500. The van der Waals surface area contributed by atoms with Crippen LogP contribution in [0.25, 0.3) is 23.0 Å². The van der Waals surface area contributed by atoms with Gasteiger partial charge in [0.25, 0.3) is 11.4 Å². The number of hydrogen-bond acceptors (Lipinski definition) is 9. The number of amides is 1. The number of pyridine rings is 1. The van der Waals surface area contributed by atoms with Gasteiger partial charge >= 0.3 is 0 Å². The molecule has 0 atom stereocenters. The van der Waals surface area contributed by atoms with E-state index in [1.807, 2.05) is 0 Å². The fourth-order valence-electron chi connectivity index (χ4n) is 3.12. The van der Waals surface area contributed by atoms with Crippen LogP contribution in [-0.4, -0.2) is 43.8 Å². The number of hydrogen-bond donors (Lipinski definition) is 1. The molecule has 32 heavy (non-hydrogen) atoms. The lowest BCUT2D eigenvalue weighted by molar-refractivity contribution is -0.116. The second kappa shape index (κ2) is 8.30. The van der Waals surface area contributed by atoms with Gasteiger partial charge in [-0.3, -0.25) is 14.6 Å². The molecular weight excluding hydrogens is 416 g/mol. The van der Waals surface area contributed by atoms with Crippen molar-refractivity contribution >= 4 is 11.6 Å². The average molecular weight is 432 g/mol. The minimum atomic E-state index is -0.383. The normalized spacial score (nSPS) is 12.4.